The Morgan fingerprint density at radius 3 is 2.87 bits per heavy atom. The van der Waals surface area contributed by atoms with Gasteiger partial charge in [-0.2, -0.15) is 18.4 Å². The van der Waals surface area contributed by atoms with Gasteiger partial charge in [0, 0.05) is 13.1 Å². The van der Waals surface area contributed by atoms with E-state index in [4.69, 9.17) is 5.26 Å². The first-order chi connectivity index (χ1) is 7.13. The number of nitriles is 1. The summed E-state index contributed by atoms with van der Waals surface area (Å²) in [7, 11) is -3.39. The van der Waals surface area contributed by atoms with Crippen molar-refractivity contribution in [2.45, 2.75) is 0 Å². The summed E-state index contributed by atoms with van der Waals surface area (Å²) in [5, 5.41) is 8.70. The molecule has 0 unspecified atom stereocenters. The molecule has 1 aliphatic heterocycles. The summed E-state index contributed by atoms with van der Waals surface area (Å²) in [5.74, 6) is 0. The number of nitrogens with one attached hydrogen (secondary N) is 1. The number of hydrogen-bond acceptors (Lipinski definition) is 3. The molecule has 0 amide bonds. The molecular weight excluding hydrogens is 214 g/mol. The van der Waals surface area contributed by atoms with Crippen LogP contribution in [-0.4, -0.2) is 21.5 Å². The van der Waals surface area contributed by atoms with Gasteiger partial charge in [0.2, 0.25) is 0 Å². The van der Waals surface area contributed by atoms with Crippen molar-refractivity contribution in [3.63, 3.8) is 0 Å². The number of anilines is 1. The summed E-state index contributed by atoms with van der Waals surface area (Å²) in [6, 6.07) is 8.52. The van der Waals surface area contributed by atoms with E-state index >= 15 is 0 Å². The Morgan fingerprint density at radius 1 is 1.47 bits per heavy atom. The number of hydrogen-bond donors (Lipinski definition) is 1. The molecule has 1 aromatic carbocycles. The minimum atomic E-state index is -3.39. The standard InChI is InChI=1S/C9H9N3O2S/c10-7-8-2-1-3-9(6-8)12-5-4-11-15(12,13)14/h1-3,6,11H,4-5H2. The molecule has 1 aromatic rings. The smallest absolute Gasteiger partial charge is 0.256 e. The van der Waals surface area contributed by atoms with Crippen LogP contribution in [0, 0.1) is 11.3 Å². The maximum Gasteiger partial charge on any atom is 0.301 e. The lowest BCUT2D eigenvalue weighted by Gasteiger charge is -2.15. The lowest BCUT2D eigenvalue weighted by Crippen LogP contribution is -2.29. The third kappa shape index (κ3) is 1.79. The third-order valence-electron chi connectivity index (χ3n) is 2.15. The van der Waals surface area contributed by atoms with Gasteiger partial charge in [-0.05, 0) is 18.2 Å². The van der Waals surface area contributed by atoms with Crippen molar-refractivity contribution in [3.8, 4) is 6.07 Å². The van der Waals surface area contributed by atoms with Crippen LogP contribution in [0.15, 0.2) is 24.3 Å². The number of rotatable bonds is 1. The van der Waals surface area contributed by atoms with E-state index < -0.39 is 10.2 Å². The molecule has 1 aliphatic rings. The Hall–Kier alpha value is -1.58. The van der Waals surface area contributed by atoms with Crippen LogP contribution in [0.5, 0.6) is 0 Å². The van der Waals surface area contributed by atoms with E-state index in [2.05, 4.69) is 4.72 Å². The van der Waals surface area contributed by atoms with Gasteiger partial charge in [0.15, 0.2) is 0 Å². The van der Waals surface area contributed by atoms with E-state index in [-0.39, 0.29) is 0 Å². The lowest BCUT2D eigenvalue weighted by atomic mass is 10.2. The summed E-state index contributed by atoms with van der Waals surface area (Å²) >= 11 is 0. The van der Waals surface area contributed by atoms with Crippen molar-refractivity contribution in [2.24, 2.45) is 0 Å². The summed E-state index contributed by atoms with van der Waals surface area (Å²) in [6.45, 7) is 0.802. The van der Waals surface area contributed by atoms with E-state index in [0.717, 1.165) is 0 Å². The van der Waals surface area contributed by atoms with Gasteiger partial charge in [0.05, 0.1) is 17.3 Å². The number of benzene rings is 1. The van der Waals surface area contributed by atoms with E-state index in [1.165, 1.54) is 4.31 Å². The molecule has 1 saturated heterocycles. The molecule has 0 radical (unpaired) electrons. The molecule has 0 atom stereocenters. The highest BCUT2D eigenvalue weighted by molar-refractivity contribution is 7.91. The largest absolute Gasteiger partial charge is 0.301 e. The molecule has 78 valence electrons. The highest BCUT2D eigenvalue weighted by Crippen LogP contribution is 2.20. The van der Waals surface area contributed by atoms with Crippen molar-refractivity contribution in [2.75, 3.05) is 17.4 Å². The van der Waals surface area contributed by atoms with Gasteiger partial charge in [-0.15, -0.1) is 0 Å². The predicted molar refractivity (Wildman–Crippen MR) is 55.4 cm³/mol. The topological polar surface area (TPSA) is 73.2 Å². The van der Waals surface area contributed by atoms with Gasteiger partial charge < -0.3 is 0 Å². The average molecular weight is 223 g/mol. The molecule has 0 aliphatic carbocycles. The number of nitrogens with zero attached hydrogens (tertiary/aromatic N) is 2. The maximum atomic E-state index is 11.5. The third-order valence-corrected chi connectivity index (χ3v) is 3.70. The molecule has 0 spiro atoms. The fourth-order valence-electron chi connectivity index (χ4n) is 1.47. The van der Waals surface area contributed by atoms with Crippen molar-refractivity contribution in [3.05, 3.63) is 29.8 Å². The van der Waals surface area contributed by atoms with Gasteiger partial charge in [-0.1, -0.05) is 6.07 Å². The summed E-state index contributed by atoms with van der Waals surface area (Å²) in [5.41, 5.74) is 0.980. The second-order valence-corrected chi connectivity index (χ2v) is 4.81. The second kappa shape index (κ2) is 3.53. The lowest BCUT2D eigenvalue weighted by molar-refractivity contribution is 0.592. The first-order valence-corrected chi connectivity index (χ1v) is 5.85. The molecule has 1 fully saturated rings. The summed E-state index contributed by atoms with van der Waals surface area (Å²) in [6.07, 6.45) is 0. The van der Waals surface area contributed by atoms with Crippen molar-refractivity contribution < 1.29 is 8.42 Å². The fraction of sp³-hybridized carbons (Fsp3) is 0.222. The quantitative estimate of drug-likeness (QED) is 0.739. The van der Waals surface area contributed by atoms with Gasteiger partial charge in [0.1, 0.15) is 0 Å². The first-order valence-electron chi connectivity index (χ1n) is 4.41. The maximum absolute atomic E-state index is 11.5. The summed E-state index contributed by atoms with van der Waals surface area (Å²) in [4.78, 5) is 0. The van der Waals surface area contributed by atoms with Crippen LogP contribution in [0.1, 0.15) is 5.56 Å². The Bertz CT molecular complexity index is 518. The van der Waals surface area contributed by atoms with Gasteiger partial charge in [0.25, 0.3) is 0 Å². The van der Waals surface area contributed by atoms with E-state index in [0.29, 0.717) is 24.3 Å². The van der Waals surface area contributed by atoms with Gasteiger partial charge in [-0.25, -0.2) is 0 Å². The Balaban J connectivity index is 2.43. The second-order valence-electron chi connectivity index (χ2n) is 3.13. The van der Waals surface area contributed by atoms with Crippen LogP contribution in [0.4, 0.5) is 5.69 Å². The van der Waals surface area contributed by atoms with Crippen molar-refractivity contribution in [1.29, 1.82) is 5.26 Å². The van der Waals surface area contributed by atoms with Gasteiger partial charge >= 0.3 is 10.2 Å². The average Bonchev–Trinajstić information content (AvgIpc) is 2.58. The molecule has 1 heterocycles. The van der Waals surface area contributed by atoms with Crippen LogP contribution in [0.3, 0.4) is 0 Å². The zero-order valence-corrected chi connectivity index (χ0v) is 8.66. The normalized spacial score (nSPS) is 18.7. The molecule has 0 aromatic heterocycles. The van der Waals surface area contributed by atoms with E-state index in [1.807, 2.05) is 6.07 Å². The molecule has 6 heteroatoms. The fourth-order valence-corrected chi connectivity index (χ4v) is 2.70. The SMILES string of the molecule is N#Cc1cccc(N2CCNS2(=O)=O)c1. The van der Waals surface area contributed by atoms with Crippen molar-refractivity contribution >= 4 is 15.9 Å². The summed E-state index contributed by atoms with van der Waals surface area (Å²) < 4.78 is 26.6. The zero-order valence-electron chi connectivity index (χ0n) is 7.84. The molecule has 0 bridgehead atoms. The molecule has 15 heavy (non-hydrogen) atoms. The predicted octanol–water partition coefficient (Wildman–Crippen LogP) is 0.213. The minimum Gasteiger partial charge on any atom is -0.256 e. The molecule has 2 rings (SSSR count). The minimum absolute atomic E-state index is 0.400. The van der Waals surface area contributed by atoms with Gasteiger partial charge in [-0.3, -0.25) is 4.31 Å². The Kier molecular flexibility index (Phi) is 2.34. The highest BCUT2D eigenvalue weighted by Gasteiger charge is 2.27. The van der Waals surface area contributed by atoms with E-state index in [1.54, 1.807) is 24.3 Å². The molecule has 0 saturated carbocycles. The van der Waals surface area contributed by atoms with Crippen molar-refractivity contribution in [1.82, 2.24) is 4.72 Å². The Morgan fingerprint density at radius 2 is 2.27 bits per heavy atom. The molecule has 1 N–H and O–H groups in total. The van der Waals surface area contributed by atoms with Crippen LogP contribution in [0.25, 0.3) is 0 Å². The van der Waals surface area contributed by atoms with Crippen LogP contribution in [-0.2, 0) is 10.2 Å². The van der Waals surface area contributed by atoms with Crippen LogP contribution >= 0.6 is 0 Å². The molecular formula is C9H9N3O2S. The first kappa shape index (κ1) is 9.96. The molecule has 5 nitrogen and oxygen atoms in total. The van der Waals surface area contributed by atoms with Crippen LogP contribution < -0.4 is 9.03 Å². The monoisotopic (exact) mass is 223 g/mol. The Labute approximate surface area is 88.1 Å². The zero-order chi connectivity index (χ0) is 10.9. The highest BCUT2D eigenvalue weighted by atomic mass is 32.2. The van der Waals surface area contributed by atoms with Crippen LogP contribution in [0.2, 0.25) is 0 Å². The van der Waals surface area contributed by atoms with E-state index in [9.17, 15) is 8.42 Å².